The molecule has 0 saturated carbocycles. The van der Waals surface area contributed by atoms with Gasteiger partial charge < -0.3 is 9.88 Å². The number of carbonyl (C=O) groups is 1. The number of hydrogen-bond acceptors (Lipinski definition) is 2. The van der Waals surface area contributed by atoms with Gasteiger partial charge in [-0.2, -0.15) is 0 Å². The highest BCUT2D eigenvalue weighted by atomic mass is 16.1. The smallest absolute Gasteiger partial charge is 0.268 e. The van der Waals surface area contributed by atoms with Crippen LogP contribution in [0.4, 0.5) is 0 Å². The third-order valence-electron chi connectivity index (χ3n) is 4.01. The van der Waals surface area contributed by atoms with Gasteiger partial charge in [0.15, 0.2) is 0 Å². The Hall–Kier alpha value is -2.88. The second-order valence-electron chi connectivity index (χ2n) is 5.77. The summed E-state index contributed by atoms with van der Waals surface area (Å²) < 4.78 is 1.98. The average molecular weight is 319 g/mol. The number of hydrogen-bond donors (Lipinski definition) is 1. The van der Waals surface area contributed by atoms with Crippen LogP contribution in [0.3, 0.4) is 0 Å². The van der Waals surface area contributed by atoms with Crippen molar-refractivity contribution in [3.8, 4) is 11.1 Å². The quantitative estimate of drug-likeness (QED) is 0.777. The summed E-state index contributed by atoms with van der Waals surface area (Å²) in [4.78, 5) is 16.8. The minimum Gasteiger partial charge on any atom is -0.345 e. The normalized spacial score (nSPS) is 10.6. The van der Waals surface area contributed by atoms with E-state index in [1.54, 1.807) is 6.20 Å². The van der Waals surface area contributed by atoms with E-state index in [2.05, 4.69) is 41.5 Å². The molecule has 0 atom stereocenters. The Morgan fingerprint density at radius 3 is 2.58 bits per heavy atom. The second kappa shape index (κ2) is 7.13. The Morgan fingerprint density at radius 1 is 1.12 bits per heavy atom. The van der Waals surface area contributed by atoms with Gasteiger partial charge in [-0.25, -0.2) is 0 Å². The van der Waals surface area contributed by atoms with Crippen LogP contribution in [-0.4, -0.2) is 15.5 Å². The van der Waals surface area contributed by atoms with Crippen molar-refractivity contribution < 1.29 is 4.79 Å². The van der Waals surface area contributed by atoms with E-state index in [1.807, 2.05) is 42.0 Å². The van der Waals surface area contributed by atoms with Crippen molar-refractivity contribution in [2.24, 2.45) is 0 Å². The molecule has 1 amide bonds. The van der Waals surface area contributed by atoms with E-state index in [0.29, 0.717) is 12.2 Å². The molecule has 0 saturated heterocycles. The van der Waals surface area contributed by atoms with Crippen LogP contribution in [0.1, 0.15) is 28.7 Å². The minimum atomic E-state index is -0.0825. The largest absolute Gasteiger partial charge is 0.345 e. The van der Waals surface area contributed by atoms with E-state index in [4.69, 9.17) is 0 Å². The van der Waals surface area contributed by atoms with Crippen LogP contribution in [0.5, 0.6) is 0 Å². The number of benzene rings is 1. The van der Waals surface area contributed by atoms with Crippen molar-refractivity contribution in [2.75, 3.05) is 0 Å². The van der Waals surface area contributed by atoms with E-state index < -0.39 is 0 Å². The second-order valence-corrected chi connectivity index (χ2v) is 5.77. The lowest BCUT2D eigenvalue weighted by atomic mass is 10.1. The van der Waals surface area contributed by atoms with Gasteiger partial charge in [-0.3, -0.25) is 9.78 Å². The number of rotatable bonds is 5. The van der Waals surface area contributed by atoms with Crippen molar-refractivity contribution >= 4 is 5.91 Å². The van der Waals surface area contributed by atoms with E-state index in [0.717, 1.165) is 23.4 Å². The molecular formula is C20H21N3O. The summed E-state index contributed by atoms with van der Waals surface area (Å²) in [5.41, 5.74) is 4.91. The molecule has 4 nitrogen and oxygen atoms in total. The predicted molar refractivity (Wildman–Crippen MR) is 95.7 cm³/mol. The van der Waals surface area contributed by atoms with Crippen LogP contribution < -0.4 is 5.32 Å². The fraction of sp³-hybridized carbons (Fsp3) is 0.200. The number of nitrogens with one attached hydrogen (secondary N) is 1. The number of pyridine rings is 1. The van der Waals surface area contributed by atoms with Crippen LogP contribution in [-0.2, 0) is 13.1 Å². The zero-order chi connectivity index (χ0) is 16.9. The van der Waals surface area contributed by atoms with Gasteiger partial charge in [-0.1, -0.05) is 35.9 Å². The maximum absolute atomic E-state index is 12.5. The molecule has 24 heavy (non-hydrogen) atoms. The Kier molecular flexibility index (Phi) is 4.75. The van der Waals surface area contributed by atoms with Crippen molar-refractivity contribution in [3.05, 3.63) is 77.9 Å². The van der Waals surface area contributed by atoms with Gasteiger partial charge in [-0.15, -0.1) is 0 Å². The Balaban J connectivity index is 1.79. The van der Waals surface area contributed by atoms with Crippen LogP contribution in [0.2, 0.25) is 0 Å². The molecule has 0 aliphatic heterocycles. The first-order valence-electron chi connectivity index (χ1n) is 8.12. The number of aromatic nitrogens is 2. The molecule has 0 fully saturated rings. The molecule has 0 spiro atoms. The standard InChI is InChI=1S/C20H21N3O/c1-3-23-14-17(16-9-7-15(2)8-10-16)12-19(23)20(24)22-13-18-6-4-5-11-21-18/h4-12,14H,3,13H2,1-2H3,(H,22,24). The molecule has 2 heterocycles. The van der Waals surface area contributed by atoms with Crippen LogP contribution in [0, 0.1) is 6.92 Å². The van der Waals surface area contributed by atoms with Crippen molar-refractivity contribution in [2.45, 2.75) is 26.9 Å². The first-order valence-corrected chi connectivity index (χ1v) is 8.12. The van der Waals surface area contributed by atoms with E-state index >= 15 is 0 Å². The highest BCUT2D eigenvalue weighted by molar-refractivity contribution is 5.94. The number of amides is 1. The number of carbonyl (C=O) groups excluding carboxylic acids is 1. The maximum atomic E-state index is 12.5. The topological polar surface area (TPSA) is 46.9 Å². The van der Waals surface area contributed by atoms with E-state index in [1.165, 1.54) is 5.56 Å². The number of aryl methyl sites for hydroxylation is 2. The van der Waals surface area contributed by atoms with Gasteiger partial charge >= 0.3 is 0 Å². The Bertz CT molecular complexity index is 820. The molecule has 0 aliphatic carbocycles. The average Bonchev–Trinajstić information content (AvgIpc) is 3.05. The molecule has 1 aromatic carbocycles. The van der Waals surface area contributed by atoms with Gasteiger partial charge in [0, 0.05) is 24.5 Å². The van der Waals surface area contributed by atoms with Gasteiger partial charge in [0.25, 0.3) is 5.91 Å². The maximum Gasteiger partial charge on any atom is 0.268 e. The summed E-state index contributed by atoms with van der Waals surface area (Å²) >= 11 is 0. The van der Waals surface area contributed by atoms with Crippen LogP contribution >= 0.6 is 0 Å². The van der Waals surface area contributed by atoms with Crippen molar-refractivity contribution in [1.29, 1.82) is 0 Å². The Morgan fingerprint density at radius 2 is 1.92 bits per heavy atom. The predicted octanol–water partition coefficient (Wildman–Crippen LogP) is 3.81. The molecule has 0 bridgehead atoms. The van der Waals surface area contributed by atoms with Crippen LogP contribution in [0.15, 0.2) is 60.9 Å². The van der Waals surface area contributed by atoms with Crippen LogP contribution in [0.25, 0.3) is 11.1 Å². The lowest BCUT2D eigenvalue weighted by Gasteiger charge is -2.07. The molecule has 3 aromatic rings. The zero-order valence-corrected chi connectivity index (χ0v) is 14.0. The highest BCUT2D eigenvalue weighted by Crippen LogP contribution is 2.23. The van der Waals surface area contributed by atoms with E-state index in [-0.39, 0.29) is 5.91 Å². The van der Waals surface area contributed by atoms with Crippen molar-refractivity contribution in [1.82, 2.24) is 14.9 Å². The van der Waals surface area contributed by atoms with Gasteiger partial charge in [0.2, 0.25) is 0 Å². The summed E-state index contributed by atoms with van der Waals surface area (Å²) in [6.45, 7) is 5.28. The lowest BCUT2D eigenvalue weighted by Crippen LogP contribution is -2.25. The lowest BCUT2D eigenvalue weighted by molar-refractivity contribution is 0.0941. The molecular weight excluding hydrogens is 298 g/mol. The summed E-state index contributed by atoms with van der Waals surface area (Å²) in [6.07, 6.45) is 3.76. The summed E-state index contributed by atoms with van der Waals surface area (Å²) in [5.74, 6) is -0.0825. The fourth-order valence-electron chi connectivity index (χ4n) is 2.63. The fourth-order valence-corrected chi connectivity index (χ4v) is 2.63. The van der Waals surface area contributed by atoms with E-state index in [9.17, 15) is 4.79 Å². The zero-order valence-electron chi connectivity index (χ0n) is 14.0. The highest BCUT2D eigenvalue weighted by Gasteiger charge is 2.13. The molecule has 122 valence electrons. The van der Waals surface area contributed by atoms with Crippen molar-refractivity contribution in [3.63, 3.8) is 0 Å². The first-order chi connectivity index (χ1) is 11.7. The molecule has 2 aromatic heterocycles. The molecule has 4 heteroatoms. The Labute approximate surface area is 142 Å². The molecule has 0 radical (unpaired) electrons. The number of nitrogens with zero attached hydrogens (tertiary/aromatic N) is 2. The summed E-state index contributed by atoms with van der Waals surface area (Å²) in [5, 5.41) is 2.94. The minimum absolute atomic E-state index is 0.0825. The molecule has 0 unspecified atom stereocenters. The monoisotopic (exact) mass is 319 g/mol. The SMILES string of the molecule is CCn1cc(-c2ccc(C)cc2)cc1C(=O)NCc1ccccn1. The molecule has 0 aliphatic rings. The first kappa shape index (κ1) is 16.0. The molecule has 3 rings (SSSR count). The molecule has 1 N–H and O–H groups in total. The summed E-state index contributed by atoms with van der Waals surface area (Å²) in [6, 6.07) is 16.0. The van der Waals surface area contributed by atoms with Gasteiger partial charge in [-0.05, 0) is 37.6 Å². The summed E-state index contributed by atoms with van der Waals surface area (Å²) in [7, 11) is 0. The van der Waals surface area contributed by atoms with Gasteiger partial charge in [0.1, 0.15) is 5.69 Å². The van der Waals surface area contributed by atoms with Gasteiger partial charge in [0.05, 0.1) is 12.2 Å². The third kappa shape index (κ3) is 3.54. The third-order valence-corrected chi connectivity index (χ3v) is 4.01.